The molecule has 0 spiro atoms. The fourth-order valence-corrected chi connectivity index (χ4v) is 1.99. The van der Waals surface area contributed by atoms with Crippen molar-refractivity contribution in [1.29, 1.82) is 0 Å². The van der Waals surface area contributed by atoms with Crippen molar-refractivity contribution in [3.63, 3.8) is 0 Å². The van der Waals surface area contributed by atoms with Crippen LogP contribution in [0.25, 0.3) is 5.70 Å². The van der Waals surface area contributed by atoms with Crippen molar-refractivity contribution >= 4 is 11.5 Å². The maximum absolute atomic E-state index is 12.9. The number of carbonyl (C=O) groups is 1. The predicted octanol–water partition coefficient (Wildman–Crippen LogP) is 3.00. The predicted molar refractivity (Wildman–Crippen MR) is 80.4 cm³/mol. The summed E-state index contributed by atoms with van der Waals surface area (Å²) in [4.78, 5) is 15.6. The van der Waals surface area contributed by atoms with E-state index >= 15 is 0 Å². The number of pyridine rings is 1. The Bertz CT molecular complexity index is 801. The van der Waals surface area contributed by atoms with Gasteiger partial charge in [-0.3, -0.25) is 9.78 Å². The van der Waals surface area contributed by atoms with Crippen molar-refractivity contribution in [1.82, 2.24) is 4.98 Å². The molecular weight excluding hydrogens is 325 g/mol. The zero-order chi connectivity index (χ0) is 17.9. The number of ketones is 1. The monoisotopic (exact) mass is 338 g/mol. The van der Waals surface area contributed by atoms with Crippen LogP contribution < -0.4 is 10.5 Å². The number of carbonyl (C=O) groups excluding carboxylic acids is 1. The van der Waals surface area contributed by atoms with Crippen LogP contribution in [-0.2, 0) is 6.18 Å². The Balaban J connectivity index is 2.44. The molecule has 5 nitrogen and oxygen atoms in total. The molecule has 2 aromatic rings. The zero-order valence-electron chi connectivity index (χ0n) is 12.5. The molecule has 0 atom stereocenters. The molecule has 1 aromatic heterocycles. The number of nitrogens with two attached hydrogens (primary N) is 1. The Kier molecular flexibility index (Phi) is 4.77. The lowest BCUT2D eigenvalue weighted by Gasteiger charge is -2.10. The maximum Gasteiger partial charge on any atom is 0.418 e. The van der Waals surface area contributed by atoms with Gasteiger partial charge in [-0.15, -0.1) is 0 Å². The van der Waals surface area contributed by atoms with Gasteiger partial charge in [0.1, 0.15) is 17.2 Å². The average molecular weight is 338 g/mol. The molecule has 0 saturated heterocycles. The molecular formula is C16H13F3N2O3. The van der Waals surface area contributed by atoms with Crippen LogP contribution in [0.4, 0.5) is 13.2 Å². The Morgan fingerprint density at radius 1 is 1.33 bits per heavy atom. The Morgan fingerprint density at radius 3 is 2.67 bits per heavy atom. The van der Waals surface area contributed by atoms with E-state index in [2.05, 4.69) is 4.98 Å². The van der Waals surface area contributed by atoms with Crippen LogP contribution in [0.2, 0.25) is 0 Å². The van der Waals surface area contributed by atoms with Crippen molar-refractivity contribution in [2.75, 3.05) is 7.11 Å². The maximum atomic E-state index is 12.9. The van der Waals surface area contributed by atoms with Gasteiger partial charge in [-0.25, -0.2) is 0 Å². The Labute approximate surface area is 135 Å². The van der Waals surface area contributed by atoms with E-state index in [1.54, 1.807) is 0 Å². The molecule has 0 radical (unpaired) electrons. The van der Waals surface area contributed by atoms with Crippen molar-refractivity contribution in [2.24, 2.45) is 5.73 Å². The van der Waals surface area contributed by atoms with Gasteiger partial charge in [-0.05, 0) is 30.3 Å². The smallest absolute Gasteiger partial charge is 0.418 e. The number of hydrogen-bond donors (Lipinski definition) is 2. The highest BCUT2D eigenvalue weighted by Gasteiger charge is 2.35. The highest BCUT2D eigenvalue weighted by atomic mass is 19.4. The summed E-state index contributed by atoms with van der Waals surface area (Å²) in [7, 11) is 1.39. The standard InChI is InChI=1S/C16H13F3N2O3/c1-24-9-4-5-13(22)10(7-9)12(20)8-14(23)15-11(16(17,18)19)3-2-6-21-15/h2-8,22H,20H2,1H3. The summed E-state index contributed by atoms with van der Waals surface area (Å²) in [5, 5.41) is 9.78. The SMILES string of the molecule is COc1ccc(O)c(C(N)=CC(=O)c2ncccc2C(F)(F)F)c1. The average Bonchev–Trinajstić information content (AvgIpc) is 2.54. The van der Waals surface area contributed by atoms with Crippen molar-refractivity contribution in [2.45, 2.75) is 6.18 Å². The lowest BCUT2D eigenvalue weighted by atomic mass is 10.1. The first kappa shape index (κ1) is 17.3. The molecule has 24 heavy (non-hydrogen) atoms. The van der Waals surface area contributed by atoms with Gasteiger partial charge >= 0.3 is 6.18 Å². The molecule has 0 fully saturated rings. The second kappa shape index (κ2) is 6.61. The van der Waals surface area contributed by atoms with Crippen LogP contribution >= 0.6 is 0 Å². The third-order valence-electron chi connectivity index (χ3n) is 3.15. The molecule has 0 amide bonds. The van der Waals surface area contributed by atoms with Crippen LogP contribution in [0, 0.1) is 0 Å². The van der Waals surface area contributed by atoms with Crippen LogP contribution in [0.5, 0.6) is 11.5 Å². The number of alkyl halides is 3. The molecule has 0 aliphatic rings. The Morgan fingerprint density at radius 2 is 2.04 bits per heavy atom. The van der Waals surface area contributed by atoms with Gasteiger partial charge in [0, 0.05) is 23.5 Å². The molecule has 0 bridgehead atoms. The van der Waals surface area contributed by atoms with Crippen molar-refractivity contribution in [3.05, 3.63) is 59.4 Å². The van der Waals surface area contributed by atoms with Crippen molar-refractivity contribution in [3.8, 4) is 11.5 Å². The van der Waals surface area contributed by atoms with Gasteiger partial charge in [-0.2, -0.15) is 13.2 Å². The van der Waals surface area contributed by atoms with Crippen molar-refractivity contribution < 1.29 is 27.8 Å². The summed E-state index contributed by atoms with van der Waals surface area (Å²) >= 11 is 0. The van der Waals surface area contributed by atoms with Gasteiger partial charge in [0.2, 0.25) is 5.78 Å². The second-order valence-electron chi connectivity index (χ2n) is 4.74. The zero-order valence-corrected chi connectivity index (χ0v) is 12.5. The summed E-state index contributed by atoms with van der Waals surface area (Å²) in [6.07, 6.45) is -2.86. The number of allylic oxidation sites excluding steroid dienone is 1. The summed E-state index contributed by atoms with van der Waals surface area (Å²) in [6.45, 7) is 0. The summed E-state index contributed by atoms with van der Waals surface area (Å²) in [5.41, 5.74) is 3.66. The number of nitrogens with zero attached hydrogens (tertiary/aromatic N) is 1. The quantitative estimate of drug-likeness (QED) is 0.661. The number of phenols is 1. The number of phenolic OH excluding ortho intramolecular Hbond substituents is 1. The van der Waals surface area contributed by atoms with Crippen LogP contribution in [0.1, 0.15) is 21.6 Å². The number of aromatic nitrogens is 1. The third kappa shape index (κ3) is 3.65. The van der Waals surface area contributed by atoms with Crippen LogP contribution in [-0.4, -0.2) is 23.0 Å². The molecule has 0 unspecified atom stereocenters. The van der Waals surface area contributed by atoms with Gasteiger partial charge < -0.3 is 15.6 Å². The number of rotatable bonds is 4. The minimum Gasteiger partial charge on any atom is -0.507 e. The molecule has 126 valence electrons. The van der Waals surface area contributed by atoms with Gasteiger partial charge in [-0.1, -0.05) is 0 Å². The minimum atomic E-state index is -4.72. The highest BCUT2D eigenvalue weighted by molar-refractivity contribution is 6.08. The second-order valence-corrected chi connectivity index (χ2v) is 4.74. The number of methoxy groups -OCH3 is 1. The van der Waals surface area contributed by atoms with E-state index in [1.165, 1.54) is 25.3 Å². The molecule has 0 aliphatic heterocycles. The molecule has 0 saturated carbocycles. The number of hydrogen-bond acceptors (Lipinski definition) is 5. The molecule has 8 heteroatoms. The number of ether oxygens (including phenoxy) is 1. The van der Waals surface area contributed by atoms with E-state index in [-0.39, 0.29) is 17.0 Å². The van der Waals surface area contributed by atoms with E-state index in [0.717, 1.165) is 24.4 Å². The largest absolute Gasteiger partial charge is 0.507 e. The van der Waals surface area contributed by atoms with E-state index in [4.69, 9.17) is 10.5 Å². The number of benzene rings is 1. The topological polar surface area (TPSA) is 85.4 Å². The number of halogens is 3. The molecule has 2 rings (SSSR count). The van der Waals surface area contributed by atoms with Crippen LogP contribution in [0.15, 0.2) is 42.6 Å². The highest BCUT2D eigenvalue weighted by Crippen LogP contribution is 2.32. The normalized spacial score (nSPS) is 12.1. The van der Waals surface area contributed by atoms with E-state index in [9.17, 15) is 23.1 Å². The minimum absolute atomic E-state index is 0.0622. The van der Waals surface area contributed by atoms with Crippen LogP contribution in [0.3, 0.4) is 0 Å². The summed E-state index contributed by atoms with van der Waals surface area (Å²) in [6, 6.07) is 5.96. The Hall–Kier alpha value is -3.03. The van der Waals surface area contributed by atoms with E-state index in [1.807, 2.05) is 0 Å². The van der Waals surface area contributed by atoms with E-state index in [0.29, 0.717) is 5.75 Å². The van der Waals surface area contributed by atoms with Gasteiger partial charge in [0.25, 0.3) is 0 Å². The van der Waals surface area contributed by atoms with Gasteiger partial charge in [0.05, 0.1) is 12.7 Å². The fourth-order valence-electron chi connectivity index (χ4n) is 1.99. The van der Waals surface area contributed by atoms with Gasteiger partial charge in [0.15, 0.2) is 0 Å². The third-order valence-corrected chi connectivity index (χ3v) is 3.15. The summed E-state index contributed by atoms with van der Waals surface area (Å²) in [5.74, 6) is -0.905. The molecule has 1 aromatic carbocycles. The molecule has 1 heterocycles. The lowest BCUT2D eigenvalue weighted by Crippen LogP contribution is -2.14. The summed E-state index contributed by atoms with van der Waals surface area (Å²) < 4.78 is 43.8. The molecule has 3 N–H and O–H groups in total. The first-order chi connectivity index (χ1) is 11.2. The first-order valence-corrected chi connectivity index (χ1v) is 6.65. The lowest BCUT2D eigenvalue weighted by molar-refractivity contribution is -0.138. The number of aromatic hydroxyl groups is 1. The molecule has 0 aliphatic carbocycles. The fraction of sp³-hybridized carbons (Fsp3) is 0.125. The first-order valence-electron chi connectivity index (χ1n) is 6.65. The van der Waals surface area contributed by atoms with E-state index < -0.39 is 23.2 Å².